The van der Waals surface area contributed by atoms with E-state index in [9.17, 15) is 9.90 Å². The molecule has 1 heterocycles. The third kappa shape index (κ3) is 2.80. The zero-order valence-electron chi connectivity index (χ0n) is 10.9. The molecule has 4 heteroatoms. The Morgan fingerprint density at radius 1 is 1.29 bits per heavy atom. The van der Waals surface area contributed by atoms with E-state index < -0.39 is 0 Å². The fraction of sp³-hybridized carbons (Fsp3) is 0.923. The second-order valence-electron chi connectivity index (χ2n) is 5.70. The fourth-order valence-corrected chi connectivity index (χ4v) is 3.30. The maximum absolute atomic E-state index is 12.2. The quantitative estimate of drug-likeness (QED) is 0.773. The molecule has 1 aliphatic carbocycles. The molecule has 1 saturated carbocycles. The first-order valence-electron chi connectivity index (χ1n) is 6.72. The number of likely N-dealkylation sites (tertiary alicyclic amines) is 1. The van der Waals surface area contributed by atoms with E-state index in [2.05, 4.69) is 0 Å². The topological polar surface area (TPSA) is 43.8 Å². The zero-order valence-corrected chi connectivity index (χ0v) is 10.9. The van der Waals surface area contributed by atoms with E-state index in [0.717, 1.165) is 25.8 Å². The van der Waals surface area contributed by atoms with Crippen LogP contribution in [-0.4, -0.2) is 60.1 Å². The zero-order chi connectivity index (χ0) is 12.4. The van der Waals surface area contributed by atoms with E-state index in [4.69, 9.17) is 0 Å². The van der Waals surface area contributed by atoms with E-state index in [-0.39, 0.29) is 12.0 Å². The lowest BCUT2D eigenvalue weighted by atomic mass is 9.76. The summed E-state index contributed by atoms with van der Waals surface area (Å²) in [6, 6.07) is 0.292. The number of hydrogen-bond donors (Lipinski definition) is 1. The third-order valence-corrected chi connectivity index (χ3v) is 4.11. The summed E-state index contributed by atoms with van der Waals surface area (Å²) >= 11 is 0. The van der Waals surface area contributed by atoms with Gasteiger partial charge in [0, 0.05) is 18.5 Å². The van der Waals surface area contributed by atoms with Gasteiger partial charge in [-0.15, -0.1) is 0 Å². The molecule has 3 unspecified atom stereocenters. The van der Waals surface area contributed by atoms with Gasteiger partial charge in [-0.25, -0.2) is 0 Å². The minimum absolute atomic E-state index is 0.191. The average Bonchev–Trinajstić information content (AvgIpc) is 2.29. The van der Waals surface area contributed by atoms with Crippen molar-refractivity contribution in [2.75, 3.05) is 27.2 Å². The molecule has 2 rings (SSSR count). The molecule has 1 aliphatic heterocycles. The van der Waals surface area contributed by atoms with Gasteiger partial charge in [0.1, 0.15) is 0 Å². The summed E-state index contributed by atoms with van der Waals surface area (Å²) in [7, 11) is 3.85. The van der Waals surface area contributed by atoms with E-state index in [1.807, 2.05) is 23.9 Å². The van der Waals surface area contributed by atoms with Gasteiger partial charge >= 0.3 is 0 Å². The monoisotopic (exact) mass is 240 g/mol. The van der Waals surface area contributed by atoms with Crippen molar-refractivity contribution in [2.45, 2.75) is 44.2 Å². The van der Waals surface area contributed by atoms with Crippen LogP contribution in [0.3, 0.4) is 0 Å². The normalized spacial score (nSPS) is 33.6. The lowest BCUT2D eigenvalue weighted by molar-refractivity contribution is -0.142. The molecule has 0 aromatic heterocycles. The number of fused-ring (bicyclic) bond motifs is 1. The Bertz CT molecular complexity index is 281. The molecular weight excluding hydrogens is 216 g/mol. The van der Waals surface area contributed by atoms with Crippen LogP contribution in [0.2, 0.25) is 0 Å². The molecule has 0 spiro atoms. The number of aliphatic hydroxyl groups is 1. The first-order valence-corrected chi connectivity index (χ1v) is 6.72. The van der Waals surface area contributed by atoms with Crippen LogP contribution in [0, 0.1) is 5.92 Å². The van der Waals surface area contributed by atoms with Crippen molar-refractivity contribution in [1.29, 1.82) is 0 Å². The molecule has 1 N–H and O–H groups in total. The SMILES string of the molecule is CN(C)CC(=O)N1CCC(O)C2CCCCC21. The molecule has 0 radical (unpaired) electrons. The van der Waals surface area contributed by atoms with Crippen LogP contribution in [0.15, 0.2) is 0 Å². The van der Waals surface area contributed by atoms with Crippen molar-refractivity contribution in [1.82, 2.24) is 9.80 Å². The summed E-state index contributed by atoms with van der Waals surface area (Å²) in [5.41, 5.74) is 0. The van der Waals surface area contributed by atoms with Crippen molar-refractivity contribution in [2.24, 2.45) is 5.92 Å². The minimum Gasteiger partial charge on any atom is -0.393 e. The first kappa shape index (κ1) is 12.8. The maximum atomic E-state index is 12.2. The average molecular weight is 240 g/mol. The number of aliphatic hydroxyl groups excluding tert-OH is 1. The number of rotatable bonds is 2. The van der Waals surface area contributed by atoms with Gasteiger partial charge in [-0.2, -0.15) is 0 Å². The summed E-state index contributed by atoms with van der Waals surface area (Å²) in [5, 5.41) is 10.0. The lowest BCUT2D eigenvalue weighted by Crippen LogP contribution is -2.56. The summed E-state index contributed by atoms with van der Waals surface area (Å²) in [6.45, 7) is 1.22. The van der Waals surface area contributed by atoms with Gasteiger partial charge in [-0.1, -0.05) is 12.8 Å². The smallest absolute Gasteiger partial charge is 0.236 e. The Morgan fingerprint density at radius 2 is 2.00 bits per heavy atom. The molecule has 2 fully saturated rings. The molecular formula is C13H24N2O2. The molecule has 2 aliphatic rings. The Labute approximate surface area is 104 Å². The van der Waals surface area contributed by atoms with Crippen molar-refractivity contribution in [3.63, 3.8) is 0 Å². The highest BCUT2D eigenvalue weighted by atomic mass is 16.3. The first-order chi connectivity index (χ1) is 8.09. The molecule has 4 nitrogen and oxygen atoms in total. The number of piperidine rings is 1. The fourth-order valence-electron chi connectivity index (χ4n) is 3.30. The van der Waals surface area contributed by atoms with Gasteiger partial charge < -0.3 is 14.9 Å². The second-order valence-corrected chi connectivity index (χ2v) is 5.70. The van der Waals surface area contributed by atoms with Crippen LogP contribution in [0.5, 0.6) is 0 Å². The van der Waals surface area contributed by atoms with Gasteiger partial charge in [0.05, 0.1) is 12.6 Å². The molecule has 1 amide bonds. The van der Waals surface area contributed by atoms with E-state index in [1.54, 1.807) is 0 Å². The lowest BCUT2D eigenvalue weighted by Gasteiger charge is -2.46. The predicted octanol–water partition coefficient (Wildman–Crippen LogP) is 0.700. The molecule has 3 atom stereocenters. The highest BCUT2D eigenvalue weighted by Gasteiger charge is 2.40. The van der Waals surface area contributed by atoms with Crippen LogP contribution < -0.4 is 0 Å². The summed E-state index contributed by atoms with van der Waals surface area (Å²) in [6.07, 6.45) is 5.11. The van der Waals surface area contributed by atoms with Gasteiger partial charge in [0.15, 0.2) is 0 Å². The van der Waals surface area contributed by atoms with Gasteiger partial charge in [-0.05, 0) is 33.4 Å². The van der Waals surface area contributed by atoms with Crippen LogP contribution in [0.4, 0.5) is 0 Å². The molecule has 98 valence electrons. The van der Waals surface area contributed by atoms with Crippen molar-refractivity contribution in [3.05, 3.63) is 0 Å². The second kappa shape index (κ2) is 5.36. The Balaban J connectivity index is 2.04. The Morgan fingerprint density at radius 3 is 2.71 bits per heavy atom. The molecule has 17 heavy (non-hydrogen) atoms. The number of nitrogens with zero attached hydrogens (tertiary/aromatic N) is 2. The van der Waals surface area contributed by atoms with Crippen LogP contribution in [0.25, 0.3) is 0 Å². The number of carbonyl (C=O) groups excluding carboxylic acids is 1. The van der Waals surface area contributed by atoms with E-state index >= 15 is 0 Å². The van der Waals surface area contributed by atoms with Crippen LogP contribution >= 0.6 is 0 Å². The van der Waals surface area contributed by atoms with Crippen molar-refractivity contribution < 1.29 is 9.90 Å². The molecule has 0 bridgehead atoms. The number of amides is 1. The van der Waals surface area contributed by atoms with Gasteiger partial charge in [0.2, 0.25) is 5.91 Å². The molecule has 0 aromatic rings. The number of hydrogen-bond acceptors (Lipinski definition) is 3. The molecule has 0 aromatic carbocycles. The highest BCUT2D eigenvalue weighted by molar-refractivity contribution is 5.78. The van der Waals surface area contributed by atoms with Crippen molar-refractivity contribution in [3.8, 4) is 0 Å². The largest absolute Gasteiger partial charge is 0.393 e. The standard InChI is InChI=1S/C13H24N2O2/c1-14(2)9-13(17)15-8-7-12(16)10-5-3-4-6-11(10)15/h10-12,16H,3-9H2,1-2H3. The van der Waals surface area contributed by atoms with Gasteiger partial charge in [0.25, 0.3) is 0 Å². The highest BCUT2D eigenvalue weighted by Crippen LogP contribution is 2.35. The molecule has 1 saturated heterocycles. The van der Waals surface area contributed by atoms with Crippen LogP contribution in [-0.2, 0) is 4.79 Å². The Hall–Kier alpha value is -0.610. The summed E-state index contributed by atoms with van der Waals surface area (Å²) in [4.78, 5) is 16.1. The van der Waals surface area contributed by atoms with E-state index in [1.165, 1.54) is 12.8 Å². The third-order valence-electron chi connectivity index (χ3n) is 4.11. The minimum atomic E-state index is -0.191. The van der Waals surface area contributed by atoms with Gasteiger partial charge in [-0.3, -0.25) is 4.79 Å². The number of likely N-dealkylation sites (N-methyl/N-ethyl adjacent to an activating group) is 1. The maximum Gasteiger partial charge on any atom is 0.236 e. The summed E-state index contributed by atoms with van der Waals surface area (Å²) < 4.78 is 0. The predicted molar refractivity (Wildman–Crippen MR) is 66.6 cm³/mol. The van der Waals surface area contributed by atoms with Crippen molar-refractivity contribution >= 4 is 5.91 Å². The van der Waals surface area contributed by atoms with E-state index in [0.29, 0.717) is 18.5 Å². The number of carbonyl (C=O) groups is 1. The van der Waals surface area contributed by atoms with Crippen LogP contribution in [0.1, 0.15) is 32.1 Å². The summed E-state index contributed by atoms with van der Waals surface area (Å²) in [5.74, 6) is 0.544. The Kier molecular flexibility index (Phi) is 4.05.